The van der Waals surface area contributed by atoms with Gasteiger partial charge in [-0.3, -0.25) is 0 Å². The third-order valence-electron chi connectivity index (χ3n) is 1.64. The molecule has 0 aromatic heterocycles. The number of halogens is 1. The summed E-state index contributed by atoms with van der Waals surface area (Å²) in [7, 11) is 0. The van der Waals surface area contributed by atoms with Gasteiger partial charge in [0.1, 0.15) is 15.9 Å². The van der Waals surface area contributed by atoms with Crippen LogP contribution < -0.4 is 0 Å². The average molecular weight is 153 g/mol. The van der Waals surface area contributed by atoms with Crippen molar-refractivity contribution >= 4 is 22.8 Å². The van der Waals surface area contributed by atoms with Gasteiger partial charge in [-0.2, -0.15) is 0 Å². The Bertz CT molecular complexity index is 94.6. The van der Waals surface area contributed by atoms with Gasteiger partial charge >= 0.3 is 0 Å². The number of alkyl halides is 1. The zero-order valence-electron chi connectivity index (χ0n) is 4.98. The van der Waals surface area contributed by atoms with Crippen molar-refractivity contribution < 1.29 is 4.55 Å². The first-order valence-electron chi connectivity index (χ1n) is 2.57. The summed E-state index contributed by atoms with van der Waals surface area (Å²) < 4.78 is 10.7. The maximum absolute atomic E-state index is 10.8. The Morgan fingerprint density at radius 2 is 2.25 bits per heavy atom. The van der Waals surface area contributed by atoms with Crippen LogP contribution in [0.2, 0.25) is 0 Å². The second kappa shape index (κ2) is 1.79. The molecule has 0 aromatic carbocycles. The Labute approximate surface area is 57.6 Å². The quantitative estimate of drug-likeness (QED) is 0.377. The smallest absolute Gasteiger partial charge is 0.140 e. The fraction of sp³-hybridized carbons (Fsp3) is 1.00. The molecule has 0 radical (unpaired) electrons. The van der Waals surface area contributed by atoms with E-state index in [1.54, 1.807) is 0 Å². The molecule has 0 aromatic rings. The van der Waals surface area contributed by atoms with Gasteiger partial charge in [-0.1, -0.05) is 0 Å². The number of rotatable bonds is 0. The summed E-state index contributed by atoms with van der Waals surface area (Å²) in [6, 6.07) is 0. The second-order valence-corrected chi connectivity index (χ2v) is 5.19. The van der Waals surface area contributed by atoms with Crippen LogP contribution in [0, 0.1) is 0 Å². The zero-order valence-corrected chi connectivity index (χ0v) is 6.55. The van der Waals surface area contributed by atoms with Crippen LogP contribution in [-0.4, -0.2) is 20.4 Å². The van der Waals surface area contributed by atoms with Crippen molar-refractivity contribution in [2.45, 2.75) is 24.0 Å². The first-order valence-corrected chi connectivity index (χ1v) is 4.33. The molecule has 0 amide bonds. The van der Waals surface area contributed by atoms with Gasteiger partial charge in [0.25, 0.3) is 0 Å². The van der Waals surface area contributed by atoms with Crippen LogP contribution in [0.25, 0.3) is 0 Å². The summed E-state index contributed by atoms with van der Waals surface area (Å²) in [5, 5.41) is 0.128. The highest BCUT2D eigenvalue weighted by atomic mass is 35.5. The average Bonchev–Trinajstić information content (AvgIpc) is 1.68. The fourth-order valence-corrected chi connectivity index (χ4v) is 2.42. The highest BCUT2D eigenvalue weighted by Gasteiger charge is 2.51. The molecule has 0 spiro atoms. The SMILES string of the molecule is CC1(C)C(Cl)C[S+]1[O-]. The van der Waals surface area contributed by atoms with E-state index in [4.69, 9.17) is 11.6 Å². The third kappa shape index (κ3) is 0.751. The molecule has 8 heavy (non-hydrogen) atoms. The molecule has 1 saturated heterocycles. The Balaban J connectivity index is 2.52. The zero-order chi connectivity index (χ0) is 6.36. The Morgan fingerprint density at radius 1 is 1.75 bits per heavy atom. The van der Waals surface area contributed by atoms with E-state index in [9.17, 15) is 4.55 Å². The van der Waals surface area contributed by atoms with Crippen LogP contribution in [0.3, 0.4) is 0 Å². The summed E-state index contributed by atoms with van der Waals surface area (Å²) >= 11 is 5.08. The molecule has 1 heterocycles. The van der Waals surface area contributed by atoms with E-state index in [2.05, 4.69) is 0 Å². The maximum Gasteiger partial charge on any atom is 0.140 e. The highest BCUT2D eigenvalue weighted by molar-refractivity contribution is 7.94. The van der Waals surface area contributed by atoms with Crippen LogP contribution >= 0.6 is 11.6 Å². The molecular formula is C5H9ClOS. The van der Waals surface area contributed by atoms with E-state index in [1.165, 1.54) is 0 Å². The minimum atomic E-state index is -0.664. The molecule has 48 valence electrons. The predicted octanol–water partition coefficient (Wildman–Crippen LogP) is 1.13. The van der Waals surface area contributed by atoms with Gasteiger partial charge in [0.05, 0.1) is 0 Å². The van der Waals surface area contributed by atoms with Gasteiger partial charge < -0.3 is 4.55 Å². The molecular weight excluding hydrogens is 144 g/mol. The molecule has 2 atom stereocenters. The fourth-order valence-electron chi connectivity index (χ4n) is 0.592. The molecule has 1 nitrogen and oxygen atoms in total. The van der Waals surface area contributed by atoms with Crippen LogP contribution in [-0.2, 0) is 11.2 Å². The lowest BCUT2D eigenvalue weighted by molar-refractivity contribution is 0.501. The van der Waals surface area contributed by atoms with Crippen molar-refractivity contribution in [3.63, 3.8) is 0 Å². The summed E-state index contributed by atoms with van der Waals surface area (Å²) in [6.07, 6.45) is 0. The van der Waals surface area contributed by atoms with Gasteiger partial charge in [0.15, 0.2) is 0 Å². The molecule has 0 bridgehead atoms. The topological polar surface area (TPSA) is 23.1 Å². The van der Waals surface area contributed by atoms with Crippen molar-refractivity contribution in [3.8, 4) is 0 Å². The van der Waals surface area contributed by atoms with E-state index in [-0.39, 0.29) is 10.1 Å². The highest BCUT2D eigenvalue weighted by Crippen LogP contribution is 2.37. The van der Waals surface area contributed by atoms with Crippen LogP contribution in [0.5, 0.6) is 0 Å². The lowest BCUT2D eigenvalue weighted by atomic mass is 10.1. The van der Waals surface area contributed by atoms with Gasteiger partial charge in [-0.25, -0.2) is 0 Å². The van der Waals surface area contributed by atoms with Gasteiger partial charge in [0, 0.05) is 0 Å². The number of hydrogen-bond donors (Lipinski definition) is 0. The van der Waals surface area contributed by atoms with Crippen LogP contribution in [0.1, 0.15) is 13.8 Å². The van der Waals surface area contributed by atoms with E-state index >= 15 is 0 Å². The Morgan fingerprint density at radius 3 is 2.25 bits per heavy atom. The maximum atomic E-state index is 10.8. The molecule has 2 unspecified atom stereocenters. The standard InChI is InChI=1S/C5H9ClOS/c1-5(2)4(6)3-8(5)7/h4H,3H2,1-2H3. The van der Waals surface area contributed by atoms with Crippen molar-refractivity contribution in [3.05, 3.63) is 0 Å². The monoisotopic (exact) mass is 152 g/mol. The first-order chi connectivity index (χ1) is 3.55. The normalized spacial score (nSPS) is 43.5. The Kier molecular flexibility index (Phi) is 1.50. The van der Waals surface area contributed by atoms with Crippen molar-refractivity contribution in [1.29, 1.82) is 0 Å². The largest absolute Gasteiger partial charge is 0.616 e. The second-order valence-electron chi connectivity index (χ2n) is 2.58. The summed E-state index contributed by atoms with van der Waals surface area (Å²) in [5.74, 6) is 0.675. The molecule has 1 rings (SSSR count). The molecule has 0 N–H and O–H groups in total. The van der Waals surface area contributed by atoms with Gasteiger partial charge in [0.2, 0.25) is 0 Å². The molecule has 0 aliphatic carbocycles. The molecule has 0 saturated carbocycles. The molecule has 3 heteroatoms. The minimum Gasteiger partial charge on any atom is -0.616 e. The summed E-state index contributed by atoms with van der Waals surface area (Å²) in [4.78, 5) is 0. The van der Waals surface area contributed by atoms with Gasteiger partial charge in [-0.05, 0) is 25.0 Å². The lowest BCUT2D eigenvalue weighted by Crippen LogP contribution is -2.56. The van der Waals surface area contributed by atoms with Crippen molar-refractivity contribution in [1.82, 2.24) is 0 Å². The van der Waals surface area contributed by atoms with Crippen molar-refractivity contribution in [2.75, 3.05) is 5.75 Å². The molecule has 1 fully saturated rings. The van der Waals surface area contributed by atoms with E-state index < -0.39 is 11.2 Å². The Hall–Kier alpha value is 0.600. The minimum absolute atomic E-state index is 0.123. The van der Waals surface area contributed by atoms with Crippen LogP contribution in [0.15, 0.2) is 0 Å². The molecule has 1 aliphatic rings. The lowest BCUT2D eigenvalue weighted by Gasteiger charge is -2.41. The summed E-state index contributed by atoms with van der Waals surface area (Å²) in [6.45, 7) is 3.87. The van der Waals surface area contributed by atoms with E-state index in [0.717, 1.165) is 0 Å². The van der Waals surface area contributed by atoms with Crippen LogP contribution in [0.4, 0.5) is 0 Å². The van der Waals surface area contributed by atoms with E-state index in [0.29, 0.717) is 5.75 Å². The summed E-state index contributed by atoms with van der Waals surface area (Å²) in [5.41, 5.74) is 0. The number of hydrogen-bond acceptors (Lipinski definition) is 1. The third-order valence-corrected chi connectivity index (χ3v) is 4.75. The molecule has 1 aliphatic heterocycles. The van der Waals surface area contributed by atoms with Gasteiger partial charge in [-0.15, -0.1) is 11.6 Å². The first kappa shape index (κ1) is 6.72. The van der Waals surface area contributed by atoms with E-state index in [1.807, 2.05) is 13.8 Å². The predicted molar refractivity (Wildman–Crippen MR) is 36.7 cm³/mol. The van der Waals surface area contributed by atoms with Crippen molar-refractivity contribution in [2.24, 2.45) is 0 Å².